The van der Waals surface area contributed by atoms with Crippen LogP contribution in [0.4, 0.5) is 0 Å². The SMILES string of the molecule is CCCNC(=O)CN1CCC(OCC)CC1. The lowest BCUT2D eigenvalue weighted by Gasteiger charge is -2.31. The van der Waals surface area contributed by atoms with Gasteiger partial charge in [-0.25, -0.2) is 0 Å². The molecule has 94 valence electrons. The van der Waals surface area contributed by atoms with Crippen molar-refractivity contribution < 1.29 is 9.53 Å². The Kier molecular flexibility index (Phi) is 6.42. The summed E-state index contributed by atoms with van der Waals surface area (Å²) in [7, 11) is 0. The smallest absolute Gasteiger partial charge is 0.234 e. The van der Waals surface area contributed by atoms with E-state index in [4.69, 9.17) is 4.74 Å². The van der Waals surface area contributed by atoms with Crippen molar-refractivity contribution in [1.29, 1.82) is 0 Å². The number of carbonyl (C=O) groups is 1. The van der Waals surface area contributed by atoms with Gasteiger partial charge in [-0.05, 0) is 26.2 Å². The second-order valence-electron chi connectivity index (χ2n) is 4.28. The summed E-state index contributed by atoms with van der Waals surface area (Å²) in [5.74, 6) is 0.150. The summed E-state index contributed by atoms with van der Waals surface area (Å²) >= 11 is 0. The van der Waals surface area contributed by atoms with Gasteiger partial charge in [-0.3, -0.25) is 9.69 Å². The Bertz CT molecular complexity index is 201. The molecule has 0 saturated carbocycles. The lowest BCUT2D eigenvalue weighted by atomic mass is 10.1. The zero-order chi connectivity index (χ0) is 11.8. The molecular formula is C12H24N2O2. The molecule has 1 N–H and O–H groups in total. The largest absolute Gasteiger partial charge is 0.378 e. The van der Waals surface area contributed by atoms with Crippen molar-refractivity contribution in [3.05, 3.63) is 0 Å². The van der Waals surface area contributed by atoms with Crippen molar-refractivity contribution in [1.82, 2.24) is 10.2 Å². The molecule has 0 aromatic rings. The Morgan fingerprint density at radius 2 is 2.06 bits per heavy atom. The van der Waals surface area contributed by atoms with Gasteiger partial charge in [0.05, 0.1) is 12.6 Å². The van der Waals surface area contributed by atoms with Crippen LogP contribution in [0.1, 0.15) is 33.1 Å². The van der Waals surface area contributed by atoms with E-state index in [0.717, 1.165) is 45.5 Å². The van der Waals surface area contributed by atoms with Gasteiger partial charge >= 0.3 is 0 Å². The molecule has 1 rings (SSSR count). The number of nitrogens with zero attached hydrogens (tertiary/aromatic N) is 1. The first-order valence-electron chi connectivity index (χ1n) is 6.37. The molecule has 0 unspecified atom stereocenters. The van der Waals surface area contributed by atoms with E-state index in [9.17, 15) is 4.79 Å². The van der Waals surface area contributed by atoms with Crippen molar-refractivity contribution in [2.24, 2.45) is 0 Å². The second kappa shape index (κ2) is 7.63. The fraction of sp³-hybridized carbons (Fsp3) is 0.917. The highest BCUT2D eigenvalue weighted by Crippen LogP contribution is 2.12. The third-order valence-electron chi connectivity index (χ3n) is 2.88. The normalized spacial score (nSPS) is 18.6. The summed E-state index contributed by atoms with van der Waals surface area (Å²) in [6.07, 6.45) is 3.50. The Morgan fingerprint density at radius 3 is 2.62 bits per heavy atom. The van der Waals surface area contributed by atoms with Crippen LogP contribution in [0.3, 0.4) is 0 Å². The maximum Gasteiger partial charge on any atom is 0.234 e. The van der Waals surface area contributed by atoms with E-state index in [1.54, 1.807) is 0 Å². The summed E-state index contributed by atoms with van der Waals surface area (Å²) in [5.41, 5.74) is 0. The van der Waals surface area contributed by atoms with Gasteiger partial charge in [0, 0.05) is 26.2 Å². The van der Waals surface area contributed by atoms with E-state index in [1.807, 2.05) is 6.92 Å². The topological polar surface area (TPSA) is 41.6 Å². The summed E-state index contributed by atoms with van der Waals surface area (Å²) in [6, 6.07) is 0. The average molecular weight is 228 g/mol. The molecule has 0 aromatic carbocycles. The van der Waals surface area contributed by atoms with Crippen LogP contribution in [0.5, 0.6) is 0 Å². The van der Waals surface area contributed by atoms with E-state index in [-0.39, 0.29) is 5.91 Å². The predicted octanol–water partition coefficient (Wildman–Crippen LogP) is 1.01. The minimum Gasteiger partial charge on any atom is -0.378 e. The van der Waals surface area contributed by atoms with E-state index in [2.05, 4.69) is 17.1 Å². The van der Waals surface area contributed by atoms with Crippen LogP contribution >= 0.6 is 0 Å². The molecule has 4 nitrogen and oxygen atoms in total. The van der Waals surface area contributed by atoms with Gasteiger partial charge in [0.2, 0.25) is 5.91 Å². The van der Waals surface area contributed by atoms with E-state index in [0.29, 0.717) is 12.6 Å². The molecule has 16 heavy (non-hydrogen) atoms. The van der Waals surface area contributed by atoms with Crippen LogP contribution in [0.2, 0.25) is 0 Å². The molecule has 1 aliphatic rings. The molecule has 1 aliphatic heterocycles. The highest BCUT2D eigenvalue weighted by Gasteiger charge is 2.20. The molecule has 1 saturated heterocycles. The minimum absolute atomic E-state index is 0.150. The number of piperidine rings is 1. The third kappa shape index (κ3) is 4.94. The van der Waals surface area contributed by atoms with Crippen LogP contribution in [0.25, 0.3) is 0 Å². The number of likely N-dealkylation sites (tertiary alicyclic amines) is 1. The third-order valence-corrected chi connectivity index (χ3v) is 2.88. The molecule has 0 radical (unpaired) electrons. The van der Waals surface area contributed by atoms with Gasteiger partial charge in [0.25, 0.3) is 0 Å². The first-order valence-corrected chi connectivity index (χ1v) is 6.37. The standard InChI is InChI=1S/C12H24N2O2/c1-3-7-13-12(15)10-14-8-5-11(6-9-14)16-4-2/h11H,3-10H2,1-2H3,(H,13,15). The molecule has 0 aromatic heterocycles. The zero-order valence-electron chi connectivity index (χ0n) is 10.5. The van der Waals surface area contributed by atoms with Gasteiger partial charge in [-0.15, -0.1) is 0 Å². The molecule has 0 atom stereocenters. The van der Waals surface area contributed by atoms with Crippen molar-refractivity contribution in [3.8, 4) is 0 Å². The van der Waals surface area contributed by atoms with E-state index >= 15 is 0 Å². The quantitative estimate of drug-likeness (QED) is 0.738. The number of amides is 1. The fourth-order valence-electron chi connectivity index (χ4n) is 1.99. The number of ether oxygens (including phenoxy) is 1. The van der Waals surface area contributed by atoms with Gasteiger partial charge in [-0.2, -0.15) is 0 Å². The van der Waals surface area contributed by atoms with Crippen molar-refractivity contribution >= 4 is 5.91 Å². The predicted molar refractivity (Wildman–Crippen MR) is 64.4 cm³/mol. The van der Waals surface area contributed by atoms with Crippen LogP contribution in [-0.4, -0.2) is 49.7 Å². The number of nitrogens with one attached hydrogen (secondary N) is 1. The molecule has 1 amide bonds. The summed E-state index contributed by atoms with van der Waals surface area (Å²) in [5, 5.41) is 2.90. The summed E-state index contributed by atoms with van der Waals surface area (Å²) in [6.45, 7) is 8.17. The van der Waals surface area contributed by atoms with Crippen molar-refractivity contribution in [2.75, 3.05) is 32.8 Å². The molecule has 1 heterocycles. The van der Waals surface area contributed by atoms with Crippen LogP contribution < -0.4 is 5.32 Å². The summed E-state index contributed by atoms with van der Waals surface area (Å²) < 4.78 is 5.57. The van der Waals surface area contributed by atoms with E-state index in [1.165, 1.54) is 0 Å². The van der Waals surface area contributed by atoms with E-state index < -0.39 is 0 Å². The lowest BCUT2D eigenvalue weighted by Crippen LogP contribution is -2.43. The maximum atomic E-state index is 11.5. The fourth-order valence-corrected chi connectivity index (χ4v) is 1.99. The van der Waals surface area contributed by atoms with Crippen LogP contribution in [0, 0.1) is 0 Å². The molecule has 4 heteroatoms. The molecule has 0 spiro atoms. The first kappa shape index (κ1) is 13.5. The zero-order valence-corrected chi connectivity index (χ0v) is 10.5. The van der Waals surface area contributed by atoms with Gasteiger partial charge in [-0.1, -0.05) is 6.92 Å². The molecule has 1 fully saturated rings. The number of rotatable bonds is 6. The number of carbonyl (C=O) groups excluding carboxylic acids is 1. The number of hydrogen-bond donors (Lipinski definition) is 1. The molecule has 0 bridgehead atoms. The molecular weight excluding hydrogens is 204 g/mol. The highest BCUT2D eigenvalue weighted by atomic mass is 16.5. The minimum atomic E-state index is 0.150. The maximum absolute atomic E-state index is 11.5. The Morgan fingerprint density at radius 1 is 1.38 bits per heavy atom. The van der Waals surface area contributed by atoms with Crippen LogP contribution in [-0.2, 0) is 9.53 Å². The summed E-state index contributed by atoms with van der Waals surface area (Å²) in [4.78, 5) is 13.7. The van der Waals surface area contributed by atoms with Crippen molar-refractivity contribution in [2.45, 2.75) is 39.2 Å². The lowest BCUT2D eigenvalue weighted by molar-refractivity contribution is -0.122. The Balaban J connectivity index is 2.14. The van der Waals surface area contributed by atoms with Gasteiger partial charge in [0.15, 0.2) is 0 Å². The van der Waals surface area contributed by atoms with Gasteiger partial charge < -0.3 is 10.1 Å². The highest BCUT2D eigenvalue weighted by molar-refractivity contribution is 5.77. The monoisotopic (exact) mass is 228 g/mol. The Labute approximate surface area is 98.3 Å². The Hall–Kier alpha value is -0.610. The number of hydrogen-bond acceptors (Lipinski definition) is 3. The van der Waals surface area contributed by atoms with Crippen LogP contribution in [0.15, 0.2) is 0 Å². The molecule has 0 aliphatic carbocycles. The van der Waals surface area contributed by atoms with Gasteiger partial charge in [0.1, 0.15) is 0 Å². The van der Waals surface area contributed by atoms with Crippen molar-refractivity contribution in [3.63, 3.8) is 0 Å². The first-order chi connectivity index (χ1) is 7.76. The second-order valence-corrected chi connectivity index (χ2v) is 4.28. The average Bonchev–Trinajstić information content (AvgIpc) is 2.29.